The van der Waals surface area contributed by atoms with Crippen molar-refractivity contribution in [2.75, 3.05) is 26.2 Å². The quantitative estimate of drug-likeness (QED) is 0.637. The molecule has 1 fully saturated rings. The van der Waals surface area contributed by atoms with Gasteiger partial charge in [0.05, 0.1) is 12.2 Å². The molecular formula is C17H18N4O3S2. The smallest absolute Gasteiger partial charge is 0.270 e. The van der Waals surface area contributed by atoms with Crippen LogP contribution in [0.25, 0.3) is 11.1 Å². The van der Waals surface area contributed by atoms with E-state index in [1.165, 1.54) is 10.5 Å². The molecule has 0 aliphatic carbocycles. The van der Waals surface area contributed by atoms with E-state index >= 15 is 0 Å². The van der Waals surface area contributed by atoms with Gasteiger partial charge < -0.3 is 4.42 Å². The van der Waals surface area contributed by atoms with Crippen LogP contribution in [0.15, 0.2) is 58.1 Å². The van der Waals surface area contributed by atoms with Crippen molar-refractivity contribution >= 4 is 33.3 Å². The van der Waals surface area contributed by atoms with Crippen LogP contribution in [0.2, 0.25) is 0 Å². The number of para-hydroxylation sites is 2. The molecule has 26 heavy (non-hydrogen) atoms. The fourth-order valence-electron chi connectivity index (χ4n) is 3.11. The van der Waals surface area contributed by atoms with Crippen LogP contribution < -0.4 is 0 Å². The zero-order valence-corrected chi connectivity index (χ0v) is 15.6. The van der Waals surface area contributed by atoms with Gasteiger partial charge in [-0.25, -0.2) is 8.42 Å². The van der Waals surface area contributed by atoms with Gasteiger partial charge in [-0.05, 0) is 36.5 Å². The van der Waals surface area contributed by atoms with Crippen molar-refractivity contribution in [1.29, 1.82) is 0 Å². The Bertz CT molecular complexity index is 1070. The molecule has 7 nitrogen and oxygen atoms in total. The van der Waals surface area contributed by atoms with E-state index in [1.54, 1.807) is 18.3 Å². The molecule has 1 aromatic carbocycles. The lowest BCUT2D eigenvalue weighted by molar-refractivity contribution is 0.151. The zero-order chi connectivity index (χ0) is 18.1. The first-order valence-corrected chi connectivity index (χ1v) is 10.1. The highest BCUT2D eigenvalue weighted by molar-refractivity contribution is 7.89. The van der Waals surface area contributed by atoms with E-state index in [-0.39, 0.29) is 4.90 Å². The van der Waals surface area contributed by atoms with Gasteiger partial charge in [-0.2, -0.15) is 4.31 Å². The Morgan fingerprint density at radius 2 is 1.85 bits per heavy atom. The monoisotopic (exact) mass is 390 g/mol. The van der Waals surface area contributed by atoms with Crippen molar-refractivity contribution in [1.82, 2.24) is 18.8 Å². The van der Waals surface area contributed by atoms with Gasteiger partial charge in [0.15, 0.2) is 5.58 Å². The average Bonchev–Trinajstić information content (AvgIpc) is 2.98. The summed E-state index contributed by atoms with van der Waals surface area (Å²) in [7, 11) is -3.49. The van der Waals surface area contributed by atoms with Crippen molar-refractivity contribution < 1.29 is 12.8 Å². The third-order valence-electron chi connectivity index (χ3n) is 4.52. The van der Waals surface area contributed by atoms with Gasteiger partial charge in [-0.3, -0.25) is 14.5 Å². The third-order valence-corrected chi connectivity index (χ3v) is 6.70. The number of rotatable bonds is 4. The summed E-state index contributed by atoms with van der Waals surface area (Å²) in [5, 5.41) is 0. The molecule has 1 aliphatic heterocycles. The van der Waals surface area contributed by atoms with Crippen LogP contribution in [0.1, 0.15) is 0 Å². The number of pyridine rings is 1. The van der Waals surface area contributed by atoms with Gasteiger partial charge in [-0.15, -0.1) is 0 Å². The molecule has 0 atom stereocenters. The van der Waals surface area contributed by atoms with E-state index < -0.39 is 10.0 Å². The number of hydrogen-bond acceptors (Lipinski definition) is 6. The van der Waals surface area contributed by atoms with Crippen molar-refractivity contribution in [2.45, 2.75) is 11.6 Å². The summed E-state index contributed by atoms with van der Waals surface area (Å²) in [4.78, 5) is 6.74. The van der Waals surface area contributed by atoms with E-state index in [9.17, 15) is 8.42 Å². The highest BCUT2D eigenvalue weighted by atomic mass is 32.2. The van der Waals surface area contributed by atoms with E-state index in [0.29, 0.717) is 37.7 Å². The maximum absolute atomic E-state index is 12.7. The number of aromatic nitrogens is 2. The zero-order valence-electron chi connectivity index (χ0n) is 14.0. The maximum atomic E-state index is 12.7. The average molecular weight is 390 g/mol. The van der Waals surface area contributed by atoms with Gasteiger partial charge in [0, 0.05) is 38.6 Å². The summed E-state index contributed by atoms with van der Waals surface area (Å²) in [6.07, 6.45) is 2.95. The number of oxazole rings is 1. The Hall–Kier alpha value is -2.07. The highest BCUT2D eigenvalue weighted by Crippen LogP contribution is 2.20. The number of nitrogens with zero attached hydrogens (tertiary/aromatic N) is 4. The molecule has 2 aromatic heterocycles. The summed E-state index contributed by atoms with van der Waals surface area (Å²) in [6.45, 7) is 2.69. The molecule has 0 N–H and O–H groups in total. The second-order valence-corrected chi connectivity index (χ2v) is 8.40. The second-order valence-electron chi connectivity index (χ2n) is 6.12. The van der Waals surface area contributed by atoms with Crippen LogP contribution in [-0.4, -0.2) is 53.4 Å². The molecular weight excluding hydrogens is 372 g/mol. The number of sulfonamides is 1. The molecule has 9 heteroatoms. The molecule has 136 valence electrons. The minimum absolute atomic E-state index is 0.233. The lowest BCUT2D eigenvalue weighted by Gasteiger charge is -2.33. The van der Waals surface area contributed by atoms with Gasteiger partial charge in [0.25, 0.3) is 4.84 Å². The van der Waals surface area contributed by atoms with Gasteiger partial charge >= 0.3 is 0 Å². The number of hydrogen-bond donors (Lipinski definition) is 0. The number of piperazine rings is 1. The largest absolute Gasteiger partial charge is 0.429 e. The third kappa shape index (κ3) is 3.18. The molecule has 4 rings (SSSR count). The summed E-state index contributed by atoms with van der Waals surface area (Å²) in [5.41, 5.74) is 1.71. The maximum Gasteiger partial charge on any atom is 0.270 e. The molecule has 0 amide bonds. The normalized spacial score (nSPS) is 16.9. The Morgan fingerprint density at radius 3 is 2.58 bits per heavy atom. The first kappa shape index (κ1) is 17.3. The fourth-order valence-corrected chi connectivity index (χ4v) is 4.74. The minimum Gasteiger partial charge on any atom is -0.429 e. The Morgan fingerprint density at radius 1 is 1.08 bits per heavy atom. The van der Waals surface area contributed by atoms with Crippen molar-refractivity contribution in [2.24, 2.45) is 0 Å². The van der Waals surface area contributed by atoms with Gasteiger partial charge in [-0.1, -0.05) is 12.1 Å². The van der Waals surface area contributed by atoms with E-state index in [0.717, 1.165) is 11.1 Å². The van der Waals surface area contributed by atoms with Gasteiger partial charge in [0.2, 0.25) is 10.0 Å². The van der Waals surface area contributed by atoms with E-state index in [2.05, 4.69) is 9.88 Å². The highest BCUT2D eigenvalue weighted by Gasteiger charge is 2.28. The van der Waals surface area contributed by atoms with Crippen LogP contribution in [0.4, 0.5) is 0 Å². The fraction of sp³-hybridized carbons (Fsp3) is 0.294. The molecule has 0 spiro atoms. The molecule has 0 radical (unpaired) electrons. The molecule has 1 aliphatic rings. The minimum atomic E-state index is -3.49. The summed E-state index contributed by atoms with van der Waals surface area (Å²) < 4.78 is 34.4. The van der Waals surface area contributed by atoms with Crippen LogP contribution in [0.3, 0.4) is 0 Å². The van der Waals surface area contributed by atoms with Crippen LogP contribution >= 0.6 is 12.2 Å². The SMILES string of the molecule is O=S(=O)(c1cccnc1)N1CCN(Cn2c(=S)oc3ccccc32)CC1. The standard InChI is InChI=1S/C17H18N4O3S2/c22-26(23,14-4-3-7-18-12-14)20-10-8-19(9-11-20)13-21-15-5-1-2-6-16(15)24-17(21)25/h1-7,12H,8-11,13H2. The van der Waals surface area contributed by atoms with Crippen LogP contribution in [0, 0.1) is 4.84 Å². The molecule has 0 saturated carbocycles. The molecule has 3 heterocycles. The van der Waals surface area contributed by atoms with Crippen molar-refractivity contribution in [3.63, 3.8) is 0 Å². The Labute approximate surface area is 156 Å². The summed E-state index contributed by atoms with van der Waals surface area (Å²) in [5.74, 6) is 0. The topological polar surface area (TPSA) is 71.6 Å². The predicted octanol–water partition coefficient (Wildman–Crippen LogP) is 2.32. The van der Waals surface area contributed by atoms with E-state index in [1.807, 2.05) is 28.8 Å². The molecule has 3 aromatic rings. The Kier molecular flexibility index (Phi) is 4.62. The summed E-state index contributed by atoms with van der Waals surface area (Å²) in [6, 6.07) is 10.9. The molecule has 0 unspecified atom stereocenters. The van der Waals surface area contributed by atoms with Gasteiger partial charge in [0.1, 0.15) is 4.90 Å². The first-order valence-electron chi connectivity index (χ1n) is 8.26. The van der Waals surface area contributed by atoms with Crippen LogP contribution in [-0.2, 0) is 16.7 Å². The second kappa shape index (κ2) is 6.92. The van der Waals surface area contributed by atoms with Crippen molar-refractivity contribution in [3.8, 4) is 0 Å². The summed E-state index contributed by atoms with van der Waals surface area (Å²) >= 11 is 5.32. The predicted molar refractivity (Wildman–Crippen MR) is 99.6 cm³/mol. The number of fused-ring (bicyclic) bond motifs is 1. The van der Waals surface area contributed by atoms with Crippen molar-refractivity contribution in [3.05, 3.63) is 53.6 Å². The Balaban J connectivity index is 1.47. The molecule has 1 saturated heterocycles. The molecule has 0 bridgehead atoms. The van der Waals surface area contributed by atoms with Crippen LogP contribution in [0.5, 0.6) is 0 Å². The lowest BCUT2D eigenvalue weighted by Crippen LogP contribution is -2.48. The lowest BCUT2D eigenvalue weighted by atomic mass is 10.3. The first-order chi connectivity index (χ1) is 12.6. The number of benzene rings is 1. The van der Waals surface area contributed by atoms with E-state index in [4.69, 9.17) is 16.6 Å².